The zero-order valence-electron chi connectivity index (χ0n) is 16.5. The first-order valence-corrected chi connectivity index (χ1v) is 11.3. The number of carbonyl (C=O) groups excluding carboxylic acids is 1. The number of ether oxygens (including phenoxy) is 1. The van der Waals surface area contributed by atoms with Crippen LogP contribution >= 0.6 is 11.6 Å². The Hall–Kier alpha value is -2.51. The summed E-state index contributed by atoms with van der Waals surface area (Å²) in [7, 11) is -2.08. The molecule has 0 aliphatic heterocycles. The van der Waals surface area contributed by atoms with Crippen molar-refractivity contribution in [2.24, 2.45) is 0 Å². The predicted octanol–water partition coefficient (Wildman–Crippen LogP) is 4.38. The standard InChI is InChI=1S/C21H23ClN2O4S/c1-4-21(20(25)28-3,15-9-11-16(22)12-10-15)24-14-13-17-18(7-6-8-19(17)24)23-29(26,27)5-2/h6-14,23H,4-5H2,1-3H3. The molecule has 8 heteroatoms. The lowest BCUT2D eigenvalue weighted by atomic mass is 9.86. The Morgan fingerprint density at radius 3 is 2.41 bits per heavy atom. The van der Waals surface area contributed by atoms with Crippen LogP contribution in [0.4, 0.5) is 5.69 Å². The second-order valence-corrected chi connectivity index (χ2v) is 9.09. The minimum Gasteiger partial charge on any atom is -0.467 e. The molecular weight excluding hydrogens is 412 g/mol. The van der Waals surface area contributed by atoms with Gasteiger partial charge in [0, 0.05) is 16.6 Å². The quantitative estimate of drug-likeness (QED) is 0.559. The minimum atomic E-state index is -3.44. The monoisotopic (exact) mass is 434 g/mol. The Morgan fingerprint density at radius 2 is 1.83 bits per heavy atom. The van der Waals surface area contributed by atoms with E-state index in [1.807, 2.05) is 17.6 Å². The zero-order chi connectivity index (χ0) is 21.2. The summed E-state index contributed by atoms with van der Waals surface area (Å²) in [5, 5.41) is 1.26. The fraction of sp³-hybridized carbons (Fsp3) is 0.286. The summed E-state index contributed by atoms with van der Waals surface area (Å²) in [6.45, 7) is 3.48. The van der Waals surface area contributed by atoms with Crippen molar-refractivity contribution in [1.29, 1.82) is 0 Å². The van der Waals surface area contributed by atoms with Crippen LogP contribution in [0.25, 0.3) is 10.9 Å². The predicted molar refractivity (Wildman–Crippen MR) is 116 cm³/mol. The number of rotatable bonds is 7. The normalized spacial score (nSPS) is 13.8. The van der Waals surface area contributed by atoms with E-state index >= 15 is 0 Å². The van der Waals surface area contributed by atoms with Crippen molar-refractivity contribution in [2.45, 2.75) is 25.8 Å². The second kappa shape index (κ2) is 8.08. The highest BCUT2D eigenvalue weighted by molar-refractivity contribution is 7.92. The third kappa shape index (κ3) is 3.72. The summed E-state index contributed by atoms with van der Waals surface area (Å²) in [5.74, 6) is -0.449. The van der Waals surface area contributed by atoms with Crippen molar-refractivity contribution in [3.63, 3.8) is 0 Å². The number of aromatic nitrogens is 1. The van der Waals surface area contributed by atoms with Crippen LogP contribution in [0, 0.1) is 0 Å². The van der Waals surface area contributed by atoms with Crippen LogP contribution in [0.5, 0.6) is 0 Å². The molecule has 3 aromatic rings. The van der Waals surface area contributed by atoms with E-state index in [9.17, 15) is 13.2 Å². The molecule has 0 spiro atoms. The van der Waals surface area contributed by atoms with Crippen molar-refractivity contribution >= 4 is 44.2 Å². The van der Waals surface area contributed by atoms with Crippen LogP contribution < -0.4 is 4.72 Å². The fourth-order valence-electron chi connectivity index (χ4n) is 3.60. The number of sulfonamides is 1. The first kappa shape index (κ1) is 21.2. The molecule has 0 aliphatic carbocycles. The molecule has 0 amide bonds. The van der Waals surface area contributed by atoms with Gasteiger partial charge in [-0.2, -0.15) is 0 Å². The van der Waals surface area contributed by atoms with Crippen molar-refractivity contribution < 1.29 is 17.9 Å². The highest BCUT2D eigenvalue weighted by Crippen LogP contribution is 2.37. The molecule has 0 saturated carbocycles. The number of nitrogens with one attached hydrogen (secondary N) is 1. The highest BCUT2D eigenvalue weighted by Gasteiger charge is 2.42. The molecule has 29 heavy (non-hydrogen) atoms. The van der Waals surface area contributed by atoms with Crippen molar-refractivity contribution in [2.75, 3.05) is 17.6 Å². The van der Waals surface area contributed by atoms with E-state index in [0.29, 0.717) is 28.0 Å². The SMILES string of the molecule is CCC(C(=O)OC)(c1ccc(Cl)cc1)n1ccc2c(NS(=O)(=O)CC)cccc21. The Balaban J connectivity index is 2.27. The molecule has 1 aromatic heterocycles. The Kier molecular flexibility index (Phi) is 5.91. The van der Waals surface area contributed by atoms with Gasteiger partial charge in [0.1, 0.15) is 0 Å². The molecular formula is C21H23ClN2O4S. The Morgan fingerprint density at radius 1 is 1.14 bits per heavy atom. The summed E-state index contributed by atoms with van der Waals surface area (Å²) in [5.41, 5.74) is 0.787. The Bertz CT molecular complexity index is 1140. The lowest BCUT2D eigenvalue weighted by Crippen LogP contribution is -2.43. The Labute approximate surface area is 175 Å². The largest absolute Gasteiger partial charge is 0.467 e. The van der Waals surface area contributed by atoms with Gasteiger partial charge in [0.2, 0.25) is 10.0 Å². The van der Waals surface area contributed by atoms with Crippen molar-refractivity contribution in [3.8, 4) is 0 Å². The van der Waals surface area contributed by atoms with Gasteiger partial charge < -0.3 is 9.30 Å². The number of fused-ring (bicyclic) bond motifs is 1. The number of benzene rings is 2. The smallest absolute Gasteiger partial charge is 0.336 e. The van der Waals surface area contributed by atoms with E-state index in [4.69, 9.17) is 16.3 Å². The van der Waals surface area contributed by atoms with Gasteiger partial charge in [-0.05, 0) is 49.2 Å². The molecule has 1 atom stereocenters. The number of nitrogens with zero attached hydrogens (tertiary/aromatic N) is 1. The van der Waals surface area contributed by atoms with Gasteiger partial charge in [-0.3, -0.25) is 4.72 Å². The van der Waals surface area contributed by atoms with Crippen LogP contribution in [0.1, 0.15) is 25.8 Å². The number of esters is 1. The molecule has 154 valence electrons. The summed E-state index contributed by atoms with van der Waals surface area (Å²) in [6, 6.07) is 14.2. The summed E-state index contributed by atoms with van der Waals surface area (Å²) in [4.78, 5) is 13.1. The van der Waals surface area contributed by atoms with Gasteiger partial charge in [-0.25, -0.2) is 13.2 Å². The zero-order valence-corrected chi connectivity index (χ0v) is 18.0. The maximum atomic E-state index is 13.1. The van der Waals surface area contributed by atoms with Gasteiger partial charge in [0.05, 0.1) is 24.1 Å². The second-order valence-electron chi connectivity index (χ2n) is 6.64. The topological polar surface area (TPSA) is 77.4 Å². The van der Waals surface area contributed by atoms with E-state index < -0.39 is 21.5 Å². The molecule has 0 aliphatic rings. The van der Waals surface area contributed by atoms with Gasteiger partial charge in [0.15, 0.2) is 5.54 Å². The number of carbonyl (C=O) groups is 1. The summed E-state index contributed by atoms with van der Waals surface area (Å²) < 4.78 is 33.8. The third-order valence-electron chi connectivity index (χ3n) is 5.15. The van der Waals surface area contributed by atoms with Crippen LogP contribution in [-0.2, 0) is 25.1 Å². The first-order valence-electron chi connectivity index (χ1n) is 9.24. The molecule has 1 unspecified atom stereocenters. The van der Waals surface area contributed by atoms with Crippen molar-refractivity contribution in [3.05, 3.63) is 65.3 Å². The third-order valence-corrected chi connectivity index (χ3v) is 6.69. The number of halogens is 1. The lowest BCUT2D eigenvalue weighted by Gasteiger charge is -2.33. The summed E-state index contributed by atoms with van der Waals surface area (Å²) in [6.07, 6.45) is 2.21. The van der Waals surface area contributed by atoms with Gasteiger partial charge >= 0.3 is 5.97 Å². The molecule has 1 heterocycles. The van der Waals surface area contributed by atoms with E-state index in [2.05, 4.69) is 4.72 Å². The maximum Gasteiger partial charge on any atom is 0.336 e. The molecule has 0 bridgehead atoms. The molecule has 3 rings (SSSR count). The van der Waals surface area contributed by atoms with Crippen LogP contribution in [0.2, 0.25) is 5.02 Å². The van der Waals surface area contributed by atoms with E-state index in [1.165, 1.54) is 7.11 Å². The molecule has 0 fully saturated rings. The summed E-state index contributed by atoms with van der Waals surface area (Å²) >= 11 is 6.05. The lowest BCUT2D eigenvalue weighted by molar-refractivity contribution is -0.149. The molecule has 6 nitrogen and oxygen atoms in total. The molecule has 1 N–H and O–H groups in total. The van der Waals surface area contributed by atoms with Crippen LogP contribution in [-0.4, -0.2) is 31.8 Å². The minimum absolute atomic E-state index is 0.0318. The number of hydrogen-bond donors (Lipinski definition) is 1. The van der Waals surface area contributed by atoms with E-state index in [-0.39, 0.29) is 5.75 Å². The molecule has 0 saturated heterocycles. The number of hydrogen-bond acceptors (Lipinski definition) is 4. The van der Waals surface area contributed by atoms with E-state index in [1.54, 1.807) is 55.6 Å². The van der Waals surface area contributed by atoms with Crippen LogP contribution in [0.3, 0.4) is 0 Å². The fourth-order valence-corrected chi connectivity index (χ4v) is 4.38. The van der Waals surface area contributed by atoms with Crippen LogP contribution in [0.15, 0.2) is 54.7 Å². The van der Waals surface area contributed by atoms with Gasteiger partial charge in [0.25, 0.3) is 0 Å². The highest BCUT2D eigenvalue weighted by atomic mass is 35.5. The first-order chi connectivity index (χ1) is 13.8. The van der Waals surface area contributed by atoms with Crippen molar-refractivity contribution in [1.82, 2.24) is 4.57 Å². The molecule has 2 aromatic carbocycles. The number of methoxy groups -OCH3 is 1. The van der Waals surface area contributed by atoms with Gasteiger partial charge in [-0.15, -0.1) is 0 Å². The van der Waals surface area contributed by atoms with Gasteiger partial charge in [-0.1, -0.05) is 36.7 Å². The average molecular weight is 435 g/mol. The number of anilines is 1. The van der Waals surface area contributed by atoms with E-state index in [0.717, 1.165) is 5.56 Å². The maximum absolute atomic E-state index is 13.1. The average Bonchev–Trinajstić information content (AvgIpc) is 3.15. The molecule has 0 radical (unpaired) electrons.